The minimum atomic E-state index is -1.52. The molecule has 2 aliphatic heterocycles. The van der Waals surface area contributed by atoms with Crippen LogP contribution in [-0.4, -0.2) is 53.5 Å². The molecule has 0 unspecified atom stereocenters. The van der Waals surface area contributed by atoms with E-state index in [1.54, 1.807) is 17.0 Å². The molecule has 0 saturated carbocycles. The molecule has 0 spiro atoms. The average Bonchev–Trinajstić information content (AvgIpc) is 2.74. The molecule has 2 amide bonds. The van der Waals surface area contributed by atoms with Gasteiger partial charge in [-0.25, -0.2) is 13.6 Å². The van der Waals surface area contributed by atoms with Crippen LogP contribution < -0.4 is 5.32 Å². The zero-order chi connectivity index (χ0) is 21.3. The van der Waals surface area contributed by atoms with Crippen LogP contribution in [0.5, 0.6) is 0 Å². The number of amides is 2. The molecule has 2 aromatic rings. The van der Waals surface area contributed by atoms with E-state index in [-0.39, 0.29) is 24.8 Å². The third-order valence-corrected chi connectivity index (χ3v) is 5.69. The maximum absolute atomic E-state index is 14.5. The summed E-state index contributed by atoms with van der Waals surface area (Å²) in [6.45, 7) is 0.209. The van der Waals surface area contributed by atoms with Crippen LogP contribution in [0.25, 0.3) is 0 Å². The lowest BCUT2D eigenvalue weighted by atomic mass is 9.87. The lowest BCUT2D eigenvalue weighted by Gasteiger charge is -2.41. The molecule has 0 aliphatic carbocycles. The zero-order valence-electron chi connectivity index (χ0n) is 16.1. The smallest absolute Gasteiger partial charge is 0.405 e. The quantitative estimate of drug-likeness (QED) is 0.806. The van der Waals surface area contributed by atoms with Gasteiger partial charge in [0.25, 0.3) is 5.91 Å². The lowest BCUT2D eigenvalue weighted by molar-refractivity contribution is -0.152. The molecule has 0 radical (unpaired) electrons. The van der Waals surface area contributed by atoms with Crippen LogP contribution in [0.2, 0.25) is 0 Å². The van der Waals surface area contributed by atoms with Crippen molar-refractivity contribution in [3.8, 4) is 0 Å². The van der Waals surface area contributed by atoms with Gasteiger partial charge in [0.05, 0.1) is 18.7 Å². The molecule has 2 N–H and O–H groups in total. The summed E-state index contributed by atoms with van der Waals surface area (Å²) in [7, 11) is 0. The van der Waals surface area contributed by atoms with Crippen molar-refractivity contribution in [3.05, 3.63) is 71.0 Å². The monoisotopic (exact) mass is 416 g/mol. The zero-order valence-corrected chi connectivity index (χ0v) is 16.1. The van der Waals surface area contributed by atoms with Crippen LogP contribution in [0.3, 0.4) is 0 Å². The highest BCUT2D eigenvalue weighted by Crippen LogP contribution is 2.36. The molecule has 4 atom stereocenters. The standard InChI is InChI=1S/C22H22F2N2O4/c23-15-7-5-14(6-8-15)20-16-4-2-1-3-13(16)9-10-26(20)21(27)19-11-17(24)18(12-30-19)25-22(28)29/h1-8,17-20,25H,9-12H2,(H,28,29)/t17-,18+,19+,20-/m0/s1. The number of carbonyl (C=O) groups is 2. The van der Waals surface area contributed by atoms with Gasteiger partial charge in [-0.2, -0.15) is 0 Å². The summed E-state index contributed by atoms with van der Waals surface area (Å²) in [4.78, 5) is 25.7. The largest absolute Gasteiger partial charge is 0.465 e. The van der Waals surface area contributed by atoms with E-state index in [0.29, 0.717) is 13.0 Å². The van der Waals surface area contributed by atoms with Crippen molar-refractivity contribution in [1.82, 2.24) is 10.2 Å². The van der Waals surface area contributed by atoms with Crippen molar-refractivity contribution in [2.45, 2.75) is 37.2 Å². The summed E-state index contributed by atoms with van der Waals surface area (Å²) in [5.74, 6) is -0.719. The fourth-order valence-electron chi connectivity index (χ4n) is 4.22. The van der Waals surface area contributed by atoms with Crippen LogP contribution in [0.15, 0.2) is 48.5 Å². The van der Waals surface area contributed by atoms with Crippen molar-refractivity contribution in [3.63, 3.8) is 0 Å². The van der Waals surface area contributed by atoms with Crippen molar-refractivity contribution >= 4 is 12.0 Å². The third kappa shape index (κ3) is 4.00. The molecule has 2 aliphatic rings. The molecular weight excluding hydrogens is 394 g/mol. The normalized spacial score (nSPS) is 26.0. The number of nitrogens with one attached hydrogen (secondary N) is 1. The van der Waals surface area contributed by atoms with Crippen LogP contribution in [0.1, 0.15) is 29.2 Å². The molecule has 8 heteroatoms. The molecule has 1 fully saturated rings. The van der Waals surface area contributed by atoms with Gasteiger partial charge < -0.3 is 20.1 Å². The minimum absolute atomic E-state index is 0.213. The Morgan fingerprint density at radius 2 is 1.87 bits per heavy atom. The number of benzene rings is 2. The predicted octanol–water partition coefficient (Wildman–Crippen LogP) is 3.06. The molecule has 0 bridgehead atoms. The number of halogens is 2. The third-order valence-electron chi connectivity index (χ3n) is 5.69. The van der Waals surface area contributed by atoms with Crippen molar-refractivity contribution in [1.29, 1.82) is 0 Å². The van der Waals surface area contributed by atoms with Crippen LogP contribution >= 0.6 is 0 Å². The first-order valence-corrected chi connectivity index (χ1v) is 9.83. The Balaban J connectivity index is 1.60. The summed E-state index contributed by atoms with van der Waals surface area (Å²) in [6, 6.07) is 12.3. The molecule has 1 saturated heterocycles. The van der Waals surface area contributed by atoms with E-state index in [0.717, 1.165) is 16.7 Å². The summed E-state index contributed by atoms with van der Waals surface area (Å²) in [6.07, 6.45) is -3.43. The van der Waals surface area contributed by atoms with E-state index in [1.165, 1.54) is 12.1 Å². The number of carboxylic acid groups (broad SMARTS) is 1. The van der Waals surface area contributed by atoms with Gasteiger partial charge in [0.1, 0.15) is 18.1 Å². The second-order valence-electron chi connectivity index (χ2n) is 7.56. The topological polar surface area (TPSA) is 78.9 Å². The molecule has 6 nitrogen and oxygen atoms in total. The number of ether oxygens (including phenoxy) is 1. The second kappa shape index (κ2) is 8.39. The van der Waals surface area contributed by atoms with Gasteiger partial charge in [0.15, 0.2) is 0 Å². The number of rotatable bonds is 3. The van der Waals surface area contributed by atoms with E-state index < -0.39 is 30.5 Å². The number of hydrogen-bond donors (Lipinski definition) is 2. The lowest BCUT2D eigenvalue weighted by Crippen LogP contribution is -2.54. The predicted molar refractivity (Wildman–Crippen MR) is 104 cm³/mol. The first kappa shape index (κ1) is 20.3. The Bertz CT molecular complexity index is 937. The number of fused-ring (bicyclic) bond motifs is 1. The van der Waals surface area contributed by atoms with E-state index in [9.17, 15) is 18.4 Å². The second-order valence-corrected chi connectivity index (χ2v) is 7.56. The number of carbonyl (C=O) groups excluding carboxylic acids is 1. The minimum Gasteiger partial charge on any atom is -0.465 e. The molecule has 0 aromatic heterocycles. The maximum atomic E-state index is 14.5. The Labute approximate surface area is 172 Å². The fraction of sp³-hybridized carbons (Fsp3) is 0.364. The van der Waals surface area contributed by atoms with E-state index in [2.05, 4.69) is 5.32 Å². The van der Waals surface area contributed by atoms with Crippen molar-refractivity contribution in [2.75, 3.05) is 13.2 Å². The van der Waals surface area contributed by atoms with Crippen LogP contribution in [0.4, 0.5) is 13.6 Å². The number of nitrogens with zero attached hydrogens (tertiary/aromatic N) is 1. The van der Waals surface area contributed by atoms with Gasteiger partial charge in [-0.05, 0) is 35.2 Å². The Morgan fingerprint density at radius 3 is 2.57 bits per heavy atom. The summed E-state index contributed by atoms with van der Waals surface area (Å²) < 4.78 is 33.5. The van der Waals surface area contributed by atoms with Gasteiger partial charge >= 0.3 is 6.09 Å². The number of hydrogen-bond acceptors (Lipinski definition) is 3. The Kier molecular flexibility index (Phi) is 5.67. The first-order chi connectivity index (χ1) is 14.4. The SMILES string of the molecule is O=C(O)N[C@@H]1CO[C@@H](C(=O)N2CCc3ccccc3[C@@H]2c2ccc(F)cc2)C[C@@H]1F. The summed E-state index contributed by atoms with van der Waals surface area (Å²) in [5, 5.41) is 10.9. The fourth-order valence-corrected chi connectivity index (χ4v) is 4.22. The van der Waals surface area contributed by atoms with Gasteiger partial charge in [-0.3, -0.25) is 4.79 Å². The Morgan fingerprint density at radius 1 is 1.13 bits per heavy atom. The van der Waals surface area contributed by atoms with Crippen molar-refractivity contribution in [2.24, 2.45) is 0 Å². The molecule has 2 heterocycles. The van der Waals surface area contributed by atoms with E-state index in [1.807, 2.05) is 24.3 Å². The maximum Gasteiger partial charge on any atom is 0.405 e. The molecule has 30 heavy (non-hydrogen) atoms. The highest BCUT2D eigenvalue weighted by Gasteiger charge is 2.41. The van der Waals surface area contributed by atoms with Gasteiger partial charge in [-0.15, -0.1) is 0 Å². The van der Waals surface area contributed by atoms with Gasteiger partial charge in [-0.1, -0.05) is 36.4 Å². The highest BCUT2D eigenvalue weighted by atomic mass is 19.1. The molecule has 2 aromatic carbocycles. The average molecular weight is 416 g/mol. The Hall–Kier alpha value is -3.00. The van der Waals surface area contributed by atoms with Crippen LogP contribution in [-0.2, 0) is 16.0 Å². The highest BCUT2D eigenvalue weighted by molar-refractivity contribution is 5.82. The molecular formula is C22H22F2N2O4. The summed E-state index contributed by atoms with van der Waals surface area (Å²) >= 11 is 0. The molecule has 158 valence electrons. The van der Waals surface area contributed by atoms with Gasteiger partial charge in [0.2, 0.25) is 0 Å². The van der Waals surface area contributed by atoms with Gasteiger partial charge in [0, 0.05) is 13.0 Å². The molecule has 4 rings (SSSR count). The van der Waals surface area contributed by atoms with E-state index >= 15 is 0 Å². The number of alkyl halides is 1. The summed E-state index contributed by atoms with van der Waals surface area (Å²) in [5.41, 5.74) is 2.81. The van der Waals surface area contributed by atoms with Crippen molar-refractivity contribution < 1.29 is 28.2 Å². The van der Waals surface area contributed by atoms with E-state index in [4.69, 9.17) is 9.84 Å². The van der Waals surface area contributed by atoms with Crippen LogP contribution in [0, 0.1) is 5.82 Å². The first-order valence-electron chi connectivity index (χ1n) is 9.83.